The summed E-state index contributed by atoms with van der Waals surface area (Å²) in [7, 11) is 0. The fourth-order valence-corrected chi connectivity index (χ4v) is 3.53. The number of carboxylic acids is 1. The van der Waals surface area contributed by atoms with Gasteiger partial charge in [-0.15, -0.1) is 6.58 Å². The first-order chi connectivity index (χ1) is 11.7. The normalized spacial score (nSPS) is 26.0. The largest absolute Gasteiger partial charge is 0.481 e. The van der Waals surface area contributed by atoms with E-state index in [2.05, 4.69) is 11.6 Å². The molecular formula is C16H16F3N3O3. The molecule has 1 aromatic rings. The van der Waals surface area contributed by atoms with Crippen molar-refractivity contribution in [2.45, 2.75) is 6.18 Å². The Bertz CT molecular complexity index is 720. The first kappa shape index (κ1) is 17.2. The fourth-order valence-electron chi connectivity index (χ4n) is 3.53. The SMILES string of the molecule is C=CCN1C[C@]2(C(=O)O)CN(c3ccc(C(F)(F)F)cn3)C[C@@H]2C1=O. The van der Waals surface area contributed by atoms with Gasteiger partial charge in [-0.2, -0.15) is 13.2 Å². The van der Waals surface area contributed by atoms with Crippen LogP contribution in [0.15, 0.2) is 31.0 Å². The van der Waals surface area contributed by atoms with Gasteiger partial charge < -0.3 is 14.9 Å². The van der Waals surface area contributed by atoms with E-state index >= 15 is 0 Å². The number of hydrogen-bond acceptors (Lipinski definition) is 4. The molecule has 25 heavy (non-hydrogen) atoms. The lowest BCUT2D eigenvalue weighted by Gasteiger charge is -2.25. The van der Waals surface area contributed by atoms with Crippen molar-refractivity contribution in [3.05, 3.63) is 36.5 Å². The van der Waals surface area contributed by atoms with Crippen LogP contribution in [0.25, 0.3) is 0 Å². The van der Waals surface area contributed by atoms with Crippen LogP contribution in [0, 0.1) is 11.3 Å². The van der Waals surface area contributed by atoms with Crippen molar-refractivity contribution in [2.75, 3.05) is 31.1 Å². The summed E-state index contributed by atoms with van der Waals surface area (Å²) >= 11 is 0. The first-order valence-electron chi connectivity index (χ1n) is 7.60. The van der Waals surface area contributed by atoms with Gasteiger partial charge in [-0.3, -0.25) is 9.59 Å². The first-order valence-corrected chi connectivity index (χ1v) is 7.60. The number of rotatable bonds is 4. The minimum Gasteiger partial charge on any atom is -0.481 e. The summed E-state index contributed by atoms with van der Waals surface area (Å²) in [4.78, 5) is 31.1. The molecule has 2 aliphatic rings. The fraction of sp³-hybridized carbons (Fsp3) is 0.438. The van der Waals surface area contributed by atoms with Crippen molar-refractivity contribution in [1.29, 1.82) is 0 Å². The molecule has 1 N–H and O–H groups in total. The number of anilines is 1. The third-order valence-electron chi connectivity index (χ3n) is 4.80. The number of nitrogens with zero attached hydrogens (tertiary/aromatic N) is 3. The van der Waals surface area contributed by atoms with E-state index in [1.165, 1.54) is 17.0 Å². The molecule has 0 aliphatic carbocycles. The summed E-state index contributed by atoms with van der Waals surface area (Å²) < 4.78 is 37.9. The van der Waals surface area contributed by atoms with Gasteiger partial charge in [0, 0.05) is 32.4 Å². The molecule has 6 nitrogen and oxygen atoms in total. The second kappa shape index (κ2) is 5.75. The standard InChI is InChI=1S/C16H16F3N3O3/c1-2-5-21-8-15(14(24)25)9-22(7-11(15)13(21)23)12-4-3-10(6-20-12)16(17,18)19/h2-4,6,11H,1,5,7-9H2,(H,24,25)/t11-,15+/m1/s1. The highest BCUT2D eigenvalue weighted by Crippen LogP contribution is 2.44. The van der Waals surface area contributed by atoms with Crippen molar-refractivity contribution in [2.24, 2.45) is 11.3 Å². The summed E-state index contributed by atoms with van der Waals surface area (Å²) in [6, 6.07) is 2.10. The number of carbonyl (C=O) groups is 2. The molecule has 0 spiro atoms. The Morgan fingerprint density at radius 2 is 2.16 bits per heavy atom. The van der Waals surface area contributed by atoms with E-state index in [1.54, 1.807) is 4.90 Å². The van der Waals surface area contributed by atoms with Crippen LogP contribution >= 0.6 is 0 Å². The molecule has 0 bridgehead atoms. The quantitative estimate of drug-likeness (QED) is 0.831. The number of aliphatic carboxylic acids is 1. The van der Waals surface area contributed by atoms with Crippen LogP contribution < -0.4 is 4.90 Å². The minimum absolute atomic E-state index is 0.0186. The van der Waals surface area contributed by atoms with Gasteiger partial charge in [0.05, 0.1) is 11.5 Å². The van der Waals surface area contributed by atoms with E-state index in [1.807, 2.05) is 0 Å². The Labute approximate surface area is 141 Å². The number of fused-ring (bicyclic) bond motifs is 1. The molecule has 3 rings (SSSR count). The van der Waals surface area contributed by atoms with Crippen LogP contribution in [0.3, 0.4) is 0 Å². The molecular weight excluding hydrogens is 339 g/mol. The molecule has 0 radical (unpaired) electrons. The molecule has 9 heteroatoms. The predicted octanol–water partition coefficient (Wildman–Crippen LogP) is 1.64. The highest BCUT2D eigenvalue weighted by Gasteiger charge is 2.62. The van der Waals surface area contributed by atoms with E-state index in [-0.39, 0.29) is 37.9 Å². The van der Waals surface area contributed by atoms with Crippen molar-refractivity contribution < 1.29 is 27.9 Å². The van der Waals surface area contributed by atoms with Gasteiger partial charge >= 0.3 is 12.1 Å². The van der Waals surface area contributed by atoms with E-state index < -0.39 is 29.0 Å². The lowest BCUT2D eigenvalue weighted by molar-refractivity contribution is -0.149. The maximum absolute atomic E-state index is 12.6. The average molecular weight is 355 g/mol. The number of pyridine rings is 1. The molecule has 2 fully saturated rings. The topological polar surface area (TPSA) is 73.7 Å². The zero-order valence-corrected chi connectivity index (χ0v) is 13.2. The molecule has 0 saturated carbocycles. The Balaban J connectivity index is 1.86. The molecule has 2 aliphatic heterocycles. The Morgan fingerprint density at radius 3 is 2.64 bits per heavy atom. The Hall–Kier alpha value is -2.58. The molecule has 0 aromatic carbocycles. The average Bonchev–Trinajstić information content (AvgIpc) is 3.04. The smallest absolute Gasteiger partial charge is 0.417 e. The lowest BCUT2D eigenvalue weighted by Crippen LogP contribution is -2.41. The number of aromatic nitrogens is 1. The lowest BCUT2D eigenvalue weighted by atomic mass is 9.81. The van der Waals surface area contributed by atoms with Gasteiger partial charge in [0.25, 0.3) is 0 Å². The third kappa shape index (κ3) is 2.73. The Kier molecular flexibility index (Phi) is 3.97. The molecule has 1 aromatic heterocycles. The monoisotopic (exact) mass is 355 g/mol. The van der Waals surface area contributed by atoms with Crippen molar-refractivity contribution in [3.63, 3.8) is 0 Å². The van der Waals surface area contributed by atoms with Crippen LogP contribution in [0.4, 0.5) is 19.0 Å². The molecule has 0 unspecified atom stereocenters. The number of amides is 1. The van der Waals surface area contributed by atoms with Gasteiger partial charge in [0.1, 0.15) is 11.2 Å². The zero-order valence-electron chi connectivity index (χ0n) is 13.2. The molecule has 3 heterocycles. The van der Waals surface area contributed by atoms with E-state index in [4.69, 9.17) is 0 Å². The maximum atomic E-state index is 12.6. The number of carboxylic acid groups (broad SMARTS) is 1. The van der Waals surface area contributed by atoms with E-state index in [0.29, 0.717) is 6.20 Å². The van der Waals surface area contributed by atoms with Crippen LogP contribution in [-0.2, 0) is 15.8 Å². The summed E-state index contributed by atoms with van der Waals surface area (Å²) in [5.41, 5.74) is -2.17. The molecule has 134 valence electrons. The summed E-state index contributed by atoms with van der Waals surface area (Å²) in [5.74, 6) is -1.90. The van der Waals surface area contributed by atoms with E-state index in [0.717, 1.165) is 6.07 Å². The van der Waals surface area contributed by atoms with Gasteiger partial charge in [-0.25, -0.2) is 4.98 Å². The number of alkyl halides is 3. The number of halogens is 3. The minimum atomic E-state index is -4.49. The summed E-state index contributed by atoms with van der Waals surface area (Å²) in [6.07, 6.45) is -2.25. The highest BCUT2D eigenvalue weighted by molar-refractivity contribution is 5.93. The van der Waals surface area contributed by atoms with Crippen LogP contribution in [0.5, 0.6) is 0 Å². The summed E-state index contributed by atoms with van der Waals surface area (Å²) in [6.45, 7) is 4.00. The van der Waals surface area contributed by atoms with Gasteiger partial charge in [0.15, 0.2) is 0 Å². The van der Waals surface area contributed by atoms with Crippen molar-refractivity contribution in [3.8, 4) is 0 Å². The molecule has 2 saturated heterocycles. The second-order valence-electron chi connectivity index (χ2n) is 6.30. The number of hydrogen-bond donors (Lipinski definition) is 1. The maximum Gasteiger partial charge on any atom is 0.417 e. The van der Waals surface area contributed by atoms with Crippen molar-refractivity contribution >= 4 is 17.7 Å². The number of carbonyl (C=O) groups excluding carboxylic acids is 1. The van der Waals surface area contributed by atoms with Crippen LogP contribution in [-0.4, -0.2) is 53.0 Å². The van der Waals surface area contributed by atoms with Gasteiger partial charge in [0.2, 0.25) is 5.91 Å². The highest BCUT2D eigenvalue weighted by atomic mass is 19.4. The van der Waals surface area contributed by atoms with Gasteiger partial charge in [-0.05, 0) is 12.1 Å². The van der Waals surface area contributed by atoms with Crippen LogP contribution in [0.2, 0.25) is 0 Å². The molecule has 1 amide bonds. The second-order valence-corrected chi connectivity index (χ2v) is 6.30. The zero-order chi connectivity index (χ0) is 18.4. The molecule has 2 atom stereocenters. The Morgan fingerprint density at radius 1 is 1.44 bits per heavy atom. The van der Waals surface area contributed by atoms with E-state index in [9.17, 15) is 27.9 Å². The number of likely N-dealkylation sites (tertiary alicyclic amines) is 1. The van der Waals surface area contributed by atoms with Crippen molar-refractivity contribution in [1.82, 2.24) is 9.88 Å². The summed E-state index contributed by atoms with van der Waals surface area (Å²) in [5, 5.41) is 9.69. The predicted molar refractivity (Wildman–Crippen MR) is 81.8 cm³/mol. The third-order valence-corrected chi connectivity index (χ3v) is 4.80. The van der Waals surface area contributed by atoms with Crippen LogP contribution in [0.1, 0.15) is 5.56 Å². The van der Waals surface area contributed by atoms with Gasteiger partial charge in [-0.1, -0.05) is 6.08 Å².